The van der Waals surface area contributed by atoms with E-state index in [9.17, 15) is 9.36 Å². The predicted molar refractivity (Wildman–Crippen MR) is 79.2 cm³/mol. The molecule has 0 aliphatic rings. The Hall–Kier alpha value is -2.26. The summed E-state index contributed by atoms with van der Waals surface area (Å²) in [5.74, 6) is 0.443. The van der Waals surface area contributed by atoms with Crippen LogP contribution in [0.1, 0.15) is 0 Å². The van der Waals surface area contributed by atoms with Crippen molar-refractivity contribution in [1.29, 1.82) is 0 Å². The quantitative estimate of drug-likeness (QED) is 0.843. The van der Waals surface area contributed by atoms with Crippen molar-refractivity contribution in [3.05, 3.63) is 60.7 Å². The average Bonchev–Trinajstić information content (AvgIpc) is 2.39. The first-order valence-electron chi connectivity index (χ1n) is 6.02. The molecule has 0 unspecified atom stereocenters. The fourth-order valence-corrected chi connectivity index (χ4v) is 2.56. The maximum Gasteiger partial charge on any atom is 0.341 e. The van der Waals surface area contributed by atoms with Crippen LogP contribution in [0.25, 0.3) is 0 Å². The topological polar surface area (TPSA) is 67.4 Å². The Kier molecular flexibility index (Phi) is 4.43. The van der Waals surface area contributed by atoms with E-state index in [0.29, 0.717) is 11.4 Å². The molecular formula is C14H15N2O3P. The Labute approximate surface area is 117 Å². The number of anilines is 1. The molecule has 2 N–H and O–H groups in total. The van der Waals surface area contributed by atoms with Crippen LogP contribution in [0.15, 0.2) is 60.7 Å². The van der Waals surface area contributed by atoms with Crippen LogP contribution in [0.3, 0.4) is 0 Å². The van der Waals surface area contributed by atoms with Crippen molar-refractivity contribution in [2.24, 2.45) is 0 Å². The van der Waals surface area contributed by atoms with Crippen LogP contribution >= 0.6 is 7.52 Å². The smallest absolute Gasteiger partial charge is 0.341 e. The van der Waals surface area contributed by atoms with E-state index in [1.807, 2.05) is 12.1 Å². The van der Waals surface area contributed by atoms with E-state index in [1.54, 1.807) is 48.5 Å². The molecule has 104 valence electrons. The van der Waals surface area contributed by atoms with Crippen molar-refractivity contribution in [3.63, 3.8) is 0 Å². The normalized spacial score (nSPS) is 13.1. The highest BCUT2D eigenvalue weighted by atomic mass is 31.2. The van der Waals surface area contributed by atoms with Gasteiger partial charge >= 0.3 is 13.6 Å². The van der Waals surface area contributed by atoms with E-state index in [-0.39, 0.29) is 0 Å². The number of rotatable bonds is 4. The number of hydrogen-bond donors (Lipinski definition) is 2. The largest absolute Gasteiger partial charge is 0.429 e. The van der Waals surface area contributed by atoms with Crippen molar-refractivity contribution in [1.82, 2.24) is 5.09 Å². The molecule has 2 aromatic carbocycles. The molecule has 0 saturated carbocycles. The molecule has 0 aliphatic carbocycles. The van der Waals surface area contributed by atoms with Gasteiger partial charge in [0.25, 0.3) is 0 Å². The number of carbonyl (C=O) groups excluding carboxylic acids is 1. The molecule has 0 spiro atoms. The second-order valence-electron chi connectivity index (χ2n) is 4.18. The van der Waals surface area contributed by atoms with Gasteiger partial charge in [-0.25, -0.2) is 4.79 Å². The monoisotopic (exact) mass is 290 g/mol. The van der Waals surface area contributed by atoms with Gasteiger partial charge in [0.05, 0.1) is 0 Å². The minimum Gasteiger partial charge on any atom is -0.429 e. The van der Waals surface area contributed by atoms with Gasteiger partial charge in [0.15, 0.2) is 0 Å². The lowest BCUT2D eigenvalue weighted by atomic mass is 10.3. The lowest BCUT2D eigenvalue weighted by Gasteiger charge is -2.16. The molecule has 0 saturated heterocycles. The predicted octanol–water partition coefficient (Wildman–Crippen LogP) is 3.71. The number of hydrogen-bond acceptors (Lipinski definition) is 3. The third-order valence-corrected chi connectivity index (χ3v) is 3.53. The summed E-state index contributed by atoms with van der Waals surface area (Å²) in [6.45, 7) is 1.35. The lowest BCUT2D eigenvalue weighted by Crippen LogP contribution is -2.27. The van der Waals surface area contributed by atoms with Gasteiger partial charge in [0, 0.05) is 12.4 Å². The summed E-state index contributed by atoms with van der Waals surface area (Å²) in [5.41, 5.74) is 0.615. The van der Waals surface area contributed by atoms with Crippen molar-refractivity contribution >= 4 is 19.2 Å². The molecular weight excluding hydrogens is 275 g/mol. The Bertz CT molecular complexity index is 617. The van der Waals surface area contributed by atoms with Crippen LogP contribution in [0.2, 0.25) is 0 Å². The molecule has 0 aliphatic heterocycles. The summed E-state index contributed by atoms with van der Waals surface area (Å²) >= 11 is 0. The van der Waals surface area contributed by atoms with Crippen LogP contribution in [-0.4, -0.2) is 12.7 Å². The van der Waals surface area contributed by atoms with E-state index in [0.717, 1.165) is 0 Å². The molecule has 6 heteroatoms. The average molecular weight is 290 g/mol. The zero-order valence-corrected chi connectivity index (χ0v) is 11.8. The standard InChI is InChI=1S/C14H15N2O3P/c1-20(18,19-13-10-6-3-7-11-13)16-14(17)15-12-8-4-2-5-9-12/h2-11H,1H3,(H2,15,16,17,18)/t20-/m1/s1. The Balaban J connectivity index is 1.94. The third kappa shape index (κ3) is 4.44. The van der Waals surface area contributed by atoms with Crippen molar-refractivity contribution < 1.29 is 13.9 Å². The lowest BCUT2D eigenvalue weighted by molar-refractivity contribution is 0.255. The van der Waals surface area contributed by atoms with E-state index >= 15 is 0 Å². The molecule has 2 aromatic rings. The fourth-order valence-electron chi connectivity index (χ4n) is 1.57. The van der Waals surface area contributed by atoms with Gasteiger partial charge in [0.2, 0.25) is 0 Å². The van der Waals surface area contributed by atoms with E-state index in [2.05, 4.69) is 10.4 Å². The van der Waals surface area contributed by atoms with Gasteiger partial charge in [-0.1, -0.05) is 36.4 Å². The van der Waals surface area contributed by atoms with Crippen LogP contribution < -0.4 is 14.9 Å². The van der Waals surface area contributed by atoms with Crippen LogP contribution in [0.4, 0.5) is 10.5 Å². The molecule has 5 nitrogen and oxygen atoms in total. The molecule has 20 heavy (non-hydrogen) atoms. The van der Waals surface area contributed by atoms with Crippen LogP contribution in [-0.2, 0) is 4.57 Å². The highest BCUT2D eigenvalue weighted by Crippen LogP contribution is 2.38. The number of amides is 2. The molecule has 0 aromatic heterocycles. The summed E-state index contributed by atoms with van der Waals surface area (Å²) in [7, 11) is -3.27. The van der Waals surface area contributed by atoms with Crippen LogP contribution in [0, 0.1) is 0 Å². The third-order valence-electron chi connectivity index (χ3n) is 2.36. The van der Waals surface area contributed by atoms with Crippen molar-refractivity contribution in [3.8, 4) is 5.75 Å². The SMILES string of the molecule is C[P@](=O)(NC(=O)Nc1ccccc1)Oc1ccccc1. The van der Waals surface area contributed by atoms with Gasteiger partial charge in [-0.15, -0.1) is 0 Å². The van der Waals surface area contributed by atoms with Gasteiger partial charge in [-0.05, 0) is 24.3 Å². The van der Waals surface area contributed by atoms with E-state index in [4.69, 9.17) is 4.52 Å². The second-order valence-corrected chi connectivity index (χ2v) is 6.28. The van der Waals surface area contributed by atoms with Gasteiger partial charge in [-0.3, -0.25) is 9.65 Å². The number of carbonyl (C=O) groups is 1. The van der Waals surface area contributed by atoms with E-state index in [1.165, 1.54) is 6.66 Å². The van der Waals surface area contributed by atoms with E-state index < -0.39 is 13.6 Å². The maximum atomic E-state index is 12.2. The summed E-state index contributed by atoms with van der Waals surface area (Å²) in [6.07, 6.45) is 0. The van der Waals surface area contributed by atoms with Crippen LogP contribution in [0.5, 0.6) is 5.75 Å². The zero-order chi connectivity index (χ0) is 14.4. The zero-order valence-electron chi connectivity index (χ0n) is 10.9. The molecule has 2 rings (SSSR count). The van der Waals surface area contributed by atoms with Crippen molar-refractivity contribution in [2.45, 2.75) is 0 Å². The molecule has 0 fully saturated rings. The first-order valence-corrected chi connectivity index (χ1v) is 8.09. The Morgan fingerprint density at radius 1 is 1.00 bits per heavy atom. The summed E-state index contributed by atoms with van der Waals surface area (Å²) < 4.78 is 17.5. The number of benzene rings is 2. The van der Waals surface area contributed by atoms with Gasteiger partial charge < -0.3 is 9.84 Å². The molecule has 2 amide bonds. The van der Waals surface area contributed by atoms with Gasteiger partial charge in [-0.2, -0.15) is 0 Å². The number of para-hydroxylation sites is 2. The summed E-state index contributed by atoms with van der Waals surface area (Å²) in [4.78, 5) is 11.7. The molecule has 0 heterocycles. The Morgan fingerprint density at radius 3 is 2.15 bits per heavy atom. The fraction of sp³-hybridized carbons (Fsp3) is 0.0714. The molecule has 0 radical (unpaired) electrons. The first-order chi connectivity index (χ1) is 9.55. The molecule has 0 bridgehead atoms. The number of urea groups is 1. The van der Waals surface area contributed by atoms with Crippen molar-refractivity contribution in [2.75, 3.05) is 12.0 Å². The minimum atomic E-state index is -3.27. The summed E-state index contributed by atoms with van der Waals surface area (Å²) in [5, 5.41) is 4.92. The van der Waals surface area contributed by atoms with Gasteiger partial charge in [0.1, 0.15) is 5.75 Å². The summed E-state index contributed by atoms with van der Waals surface area (Å²) in [6, 6.07) is 17.0. The minimum absolute atomic E-state index is 0.443. The highest BCUT2D eigenvalue weighted by molar-refractivity contribution is 7.57. The highest BCUT2D eigenvalue weighted by Gasteiger charge is 2.20. The second kappa shape index (κ2) is 6.26. The number of nitrogens with one attached hydrogen (secondary N) is 2. The first kappa shape index (κ1) is 14.2. The molecule has 1 atom stereocenters. The maximum absolute atomic E-state index is 12.2. The Morgan fingerprint density at radius 2 is 1.55 bits per heavy atom.